The van der Waals surface area contributed by atoms with E-state index in [1.165, 1.54) is 5.56 Å². The molecule has 0 spiro atoms. The molecule has 0 bridgehead atoms. The van der Waals surface area contributed by atoms with Crippen molar-refractivity contribution in [1.29, 1.82) is 0 Å². The van der Waals surface area contributed by atoms with Crippen LogP contribution in [-0.4, -0.2) is 32.5 Å². The summed E-state index contributed by atoms with van der Waals surface area (Å²) < 4.78 is 12.7. The van der Waals surface area contributed by atoms with Crippen LogP contribution in [0.1, 0.15) is 12.5 Å². The van der Waals surface area contributed by atoms with E-state index in [1.807, 2.05) is 17.1 Å². The standard InChI is InChI=1S/C9H17N3OS/c1-3-12-8-9(7-11-12)6-10-4-5-14(2)13/h7-8,10H,3-6H2,1-2H3. The number of aromatic nitrogens is 2. The van der Waals surface area contributed by atoms with Crippen molar-refractivity contribution in [2.75, 3.05) is 18.6 Å². The summed E-state index contributed by atoms with van der Waals surface area (Å²) in [6.07, 6.45) is 5.60. The van der Waals surface area contributed by atoms with E-state index >= 15 is 0 Å². The molecule has 1 rings (SSSR count). The fourth-order valence-electron chi connectivity index (χ4n) is 1.12. The Morgan fingerprint density at radius 2 is 2.43 bits per heavy atom. The van der Waals surface area contributed by atoms with Gasteiger partial charge in [-0.25, -0.2) is 0 Å². The number of hydrogen-bond acceptors (Lipinski definition) is 3. The Bertz CT molecular complexity index is 298. The molecule has 0 aliphatic heterocycles. The highest BCUT2D eigenvalue weighted by molar-refractivity contribution is 7.84. The van der Waals surface area contributed by atoms with Crippen molar-refractivity contribution >= 4 is 10.8 Å². The largest absolute Gasteiger partial charge is 0.312 e. The van der Waals surface area contributed by atoms with Gasteiger partial charge in [-0.15, -0.1) is 0 Å². The Balaban J connectivity index is 2.21. The Morgan fingerprint density at radius 3 is 3.00 bits per heavy atom. The maximum atomic E-state index is 10.8. The lowest BCUT2D eigenvalue weighted by atomic mass is 10.3. The normalized spacial score (nSPS) is 13.0. The number of rotatable bonds is 6. The molecule has 4 nitrogen and oxygen atoms in total. The number of hydrogen-bond donors (Lipinski definition) is 1. The molecule has 0 amide bonds. The van der Waals surface area contributed by atoms with E-state index < -0.39 is 10.8 Å². The molecule has 0 aliphatic rings. The van der Waals surface area contributed by atoms with Crippen molar-refractivity contribution in [3.63, 3.8) is 0 Å². The summed E-state index contributed by atoms with van der Waals surface area (Å²) >= 11 is 0. The molecule has 1 atom stereocenters. The molecule has 80 valence electrons. The lowest BCUT2D eigenvalue weighted by Crippen LogP contribution is -2.19. The fourth-order valence-corrected chi connectivity index (χ4v) is 1.55. The van der Waals surface area contributed by atoms with Gasteiger partial charge in [-0.3, -0.25) is 8.89 Å². The summed E-state index contributed by atoms with van der Waals surface area (Å²) in [4.78, 5) is 0. The molecule has 1 aromatic rings. The predicted molar refractivity (Wildman–Crippen MR) is 58.5 cm³/mol. The summed E-state index contributed by atoms with van der Waals surface area (Å²) in [7, 11) is -0.703. The molecule has 0 fully saturated rings. The van der Waals surface area contributed by atoms with Crippen LogP contribution in [0.5, 0.6) is 0 Å². The van der Waals surface area contributed by atoms with Crippen molar-refractivity contribution in [3.8, 4) is 0 Å². The smallest absolute Gasteiger partial charge is 0.0534 e. The molecule has 5 heteroatoms. The van der Waals surface area contributed by atoms with Gasteiger partial charge in [-0.1, -0.05) is 0 Å². The highest BCUT2D eigenvalue weighted by atomic mass is 32.2. The highest BCUT2D eigenvalue weighted by Gasteiger charge is 1.96. The Labute approximate surface area is 87.2 Å². The van der Waals surface area contributed by atoms with E-state index in [1.54, 1.807) is 6.26 Å². The van der Waals surface area contributed by atoms with E-state index in [0.29, 0.717) is 5.75 Å². The van der Waals surface area contributed by atoms with Gasteiger partial charge in [0.05, 0.1) is 6.20 Å². The molecule has 1 unspecified atom stereocenters. The fraction of sp³-hybridized carbons (Fsp3) is 0.667. The minimum atomic E-state index is -0.703. The van der Waals surface area contributed by atoms with Crippen molar-refractivity contribution in [1.82, 2.24) is 15.1 Å². The quantitative estimate of drug-likeness (QED) is 0.698. The van der Waals surface area contributed by atoms with Crippen LogP contribution in [0.3, 0.4) is 0 Å². The van der Waals surface area contributed by atoms with Gasteiger partial charge in [0.2, 0.25) is 0 Å². The lowest BCUT2D eigenvalue weighted by Gasteiger charge is -2.00. The van der Waals surface area contributed by atoms with E-state index in [0.717, 1.165) is 19.6 Å². The zero-order valence-electron chi connectivity index (χ0n) is 8.69. The summed E-state index contributed by atoms with van der Waals surface area (Å²) in [6, 6.07) is 0. The average Bonchev–Trinajstić information content (AvgIpc) is 2.60. The molecule has 0 saturated heterocycles. The lowest BCUT2D eigenvalue weighted by molar-refractivity contribution is 0.657. The van der Waals surface area contributed by atoms with E-state index in [2.05, 4.69) is 17.3 Å². The van der Waals surface area contributed by atoms with Crippen LogP contribution in [0.25, 0.3) is 0 Å². The maximum Gasteiger partial charge on any atom is 0.0534 e. The molecule has 0 aromatic carbocycles. The Hall–Kier alpha value is -0.680. The summed E-state index contributed by atoms with van der Waals surface area (Å²) in [6.45, 7) is 4.56. The van der Waals surface area contributed by atoms with Crippen molar-refractivity contribution < 1.29 is 4.21 Å². The molecule has 0 aliphatic carbocycles. The second-order valence-electron chi connectivity index (χ2n) is 3.16. The number of nitrogens with zero attached hydrogens (tertiary/aromatic N) is 2. The van der Waals surface area contributed by atoms with Gasteiger partial charge in [0.1, 0.15) is 0 Å². The number of aryl methyl sites for hydroxylation is 1. The summed E-state index contributed by atoms with van der Waals surface area (Å²) in [5.74, 6) is 0.710. The van der Waals surface area contributed by atoms with Crippen molar-refractivity contribution in [2.45, 2.75) is 20.0 Å². The molecular formula is C9H17N3OS. The van der Waals surface area contributed by atoms with E-state index in [-0.39, 0.29) is 0 Å². The molecule has 14 heavy (non-hydrogen) atoms. The third kappa shape index (κ3) is 4.02. The maximum absolute atomic E-state index is 10.8. The zero-order valence-corrected chi connectivity index (χ0v) is 9.51. The van der Waals surface area contributed by atoms with E-state index in [4.69, 9.17) is 0 Å². The van der Waals surface area contributed by atoms with Crippen LogP contribution in [0.2, 0.25) is 0 Å². The van der Waals surface area contributed by atoms with Gasteiger partial charge in [0.25, 0.3) is 0 Å². The molecule has 1 heterocycles. The average molecular weight is 215 g/mol. The first kappa shape index (κ1) is 11.4. The Morgan fingerprint density at radius 1 is 1.64 bits per heavy atom. The van der Waals surface area contributed by atoms with Crippen LogP contribution < -0.4 is 5.32 Å². The minimum absolute atomic E-state index is 0.703. The molecule has 1 N–H and O–H groups in total. The van der Waals surface area contributed by atoms with Gasteiger partial charge in [0, 0.05) is 54.2 Å². The van der Waals surface area contributed by atoms with Crippen LogP contribution >= 0.6 is 0 Å². The molecule has 1 aromatic heterocycles. The van der Waals surface area contributed by atoms with Gasteiger partial charge in [-0.2, -0.15) is 5.10 Å². The third-order valence-corrected chi connectivity index (χ3v) is 2.69. The monoisotopic (exact) mass is 215 g/mol. The second kappa shape index (κ2) is 5.93. The summed E-state index contributed by atoms with van der Waals surface area (Å²) in [5, 5.41) is 7.39. The van der Waals surface area contributed by atoms with Gasteiger partial charge in [0.15, 0.2) is 0 Å². The van der Waals surface area contributed by atoms with Crippen LogP contribution in [-0.2, 0) is 23.9 Å². The minimum Gasteiger partial charge on any atom is -0.312 e. The first-order valence-corrected chi connectivity index (χ1v) is 6.47. The Kier molecular flexibility index (Phi) is 4.82. The van der Waals surface area contributed by atoms with Gasteiger partial charge >= 0.3 is 0 Å². The summed E-state index contributed by atoms with van der Waals surface area (Å²) in [5.41, 5.74) is 1.17. The SMILES string of the molecule is CCn1cc(CNCCS(C)=O)cn1. The number of nitrogens with one attached hydrogen (secondary N) is 1. The van der Waals surface area contributed by atoms with Gasteiger partial charge < -0.3 is 5.32 Å². The highest BCUT2D eigenvalue weighted by Crippen LogP contribution is 1.96. The van der Waals surface area contributed by atoms with Crippen LogP contribution in [0.4, 0.5) is 0 Å². The first-order chi connectivity index (χ1) is 6.72. The molecule has 0 saturated carbocycles. The molecule has 0 radical (unpaired) electrons. The van der Waals surface area contributed by atoms with Crippen molar-refractivity contribution in [2.24, 2.45) is 0 Å². The van der Waals surface area contributed by atoms with Gasteiger partial charge in [-0.05, 0) is 6.92 Å². The predicted octanol–water partition coefficient (Wildman–Crippen LogP) is 0.371. The molecular weight excluding hydrogens is 198 g/mol. The van der Waals surface area contributed by atoms with Crippen LogP contribution in [0.15, 0.2) is 12.4 Å². The topological polar surface area (TPSA) is 46.9 Å². The van der Waals surface area contributed by atoms with Crippen LogP contribution in [0, 0.1) is 0 Å². The first-order valence-electron chi connectivity index (χ1n) is 4.74. The zero-order chi connectivity index (χ0) is 10.4. The second-order valence-corrected chi connectivity index (χ2v) is 4.71. The van der Waals surface area contributed by atoms with Crippen molar-refractivity contribution in [3.05, 3.63) is 18.0 Å². The third-order valence-electron chi connectivity index (χ3n) is 1.91. The van der Waals surface area contributed by atoms with E-state index in [9.17, 15) is 4.21 Å².